The van der Waals surface area contributed by atoms with E-state index in [0.717, 1.165) is 12.8 Å². The Bertz CT molecular complexity index is 340. The van der Waals surface area contributed by atoms with Gasteiger partial charge in [0.1, 0.15) is 6.33 Å². The molecule has 108 valence electrons. The number of carbonyl (C=O) groups excluding carboxylic acids is 1. The molecule has 0 spiro atoms. The number of amides is 1. The van der Waals surface area contributed by atoms with Crippen molar-refractivity contribution in [3.05, 3.63) is 12.2 Å². The van der Waals surface area contributed by atoms with Crippen LogP contribution in [0.5, 0.6) is 0 Å². The van der Waals surface area contributed by atoms with Crippen LogP contribution >= 0.6 is 0 Å². The van der Waals surface area contributed by atoms with Gasteiger partial charge in [-0.25, -0.2) is 4.98 Å². The van der Waals surface area contributed by atoms with Crippen LogP contribution in [0.3, 0.4) is 0 Å². The number of carbonyl (C=O) groups is 1. The summed E-state index contributed by atoms with van der Waals surface area (Å²) in [6.45, 7) is 3.55. The Balaban J connectivity index is 2.40. The predicted molar refractivity (Wildman–Crippen MR) is 72.7 cm³/mol. The zero-order valence-electron chi connectivity index (χ0n) is 11.6. The molecule has 0 aliphatic heterocycles. The van der Waals surface area contributed by atoms with Crippen LogP contribution < -0.4 is 0 Å². The van der Waals surface area contributed by atoms with Crippen molar-refractivity contribution in [2.75, 3.05) is 19.7 Å². The van der Waals surface area contributed by atoms with Crippen LogP contribution in [0, 0.1) is 0 Å². The molecule has 0 unspecified atom stereocenters. The summed E-state index contributed by atoms with van der Waals surface area (Å²) in [5.41, 5.74) is 0. The predicted octanol–water partition coefficient (Wildman–Crippen LogP) is 1.60. The van der Waals surface area contributed by atoms with Gasteiger partial charge in [-0.05, 0) is 12.8 Å². The first-order valence-electron chi connectivity index (χ1n) is 7.05. The number of hydrogen-bond donors (Lipinski definition) is 2. The van der Waals surface area contributed by atoms with Gasteiger partial charge in [0, 0.05) is 19.7 Å². The maximum Gasteiger partial charge on any atom is 0.291 e. The number of unbranched alkanes of at least 4 members (excludes halogenated alkanes) is 4. The van der Waals surface area contributed by atoms with Gasteiger partial charge in [-0.2, -0.15) is 5.10 Å². The molecule has 0 fully saturated rings. The number of hydrogen-bond acceptors (Lipinski definition) is 4. The largest absolute Gasteiger partial charge is 0.396 e. The molecule has 0 bridgehead atoms. The van der Waals surface area contributed by atoms with Crippen LogP contribution in [0.25, 0.3) is 0 Å². The number of aliphatic hydroxyl groups is 1. The Hall–Kier alpha value is -1.43. The second-order valence-electron chi connectivity index (χ2n) is 4.62. The fourth-order valence-electron chi connectivity index (χ4n) is 1.94. The number of aromatic amines is 1. The first kappa shape index (κ1) is 15.6. The summed E-state index contributed by atoms with van der Waals surface area (Å²) < 4.78 is 0. The minimum Gasteiger partial charge on any atom is -0.396 e. The number of aromatic nitrogens is 3. The van der Waals surface area contributed by atoms with Gasteiger partial charge in [0.2, 0.25) is 5.82 Å². The van der Waals surface area contributed by atoms with E-state index in [1.807, 2.05) is 0 Å². The summed E-state index contributed by atoms with van der Waals surface area (Å²) in [6, 6.07) is 0. The summed E-state index contributed by atoms with van der Waals surface area (Å²) in [5.74, 6) is 0.132. The van der Waals surface area contributed by atoms with Crippen molar-refractivity contribution in [2.24, 2.45) is 0 Å². The van der Waals surface area contributed by atoms with Crippen molar-refractivity contribution >= 4 is 5.91 Å². The first-order chi connectivity index (χ1) is 9.29. The maximum atomic E-state index is 12.1. The highest BCUT2D eigenvalue weighted by molar-refractivity contribution is 5.90. The minimum absolute atomic E-state index is 0.0933. The van der Waals surface area contributed by atoms with E-state index >= 15 is 0 Å². The Labute approximate surface area is 114 Å². The Kier molecular flexibility index (Phi) is 7.81. The number of nitrogens with one attached hydrogen (secondary N) is 1. The van der Waals surface area contributed by atoms with Gasteiger partial charge in [0.25, 0.3) is 5.91 Å². The summed E-state index contributed by atoms with van der Waals surface area (Å²) in [5, 5.41) is 15.2. The van der Waals surface area contributed by atoms with Crippen molar-refractivity contribution in [1.29, 1.82) is 0 Å². The van der Waals surface area contributed by atoms with E-state index in [-0.39, 0.29) is 18.3 Å². The van der Waals surface area contributed by atoms with Gasteiger partial charge < -0.3 is 10.0 Å². The van der Waals surface area contributed by atoms with Crippen LogP contribution in [0.4, 0.5) is 0 Å². The molecule has 0 atom stereocenters. The molecule has 0 saturated heterocycles. The summed E-state index contributed by atoms with van der Waals surface area (Å²) in [7, 11) is 0. The second kappa shape index (κ2) is 9.49. The average molecular weight is 268 g/mol. The highest BCUT2D eigenvalue weighted by atomic mass is 16.3. The second-order valence-corrected chi connectivity index (χ2v) is 4.62. The molecule has 1 aromatic heterocycles. The van der Waals surface area contributed by atoms with Gasteiger partial charge in [0.05, 0.1) is 0 Å². The highest BCUT2D eigenvalue weighted by Crippen LogP contribution is 2.06. The van der Waals surface area contributed by atoms with Crippen LogP contribution in [0.1, 0.15) is 56.1 Å². The van der Waals surface area contributed by atoms with Gasteiger partial charge in [-0.3, -0.25) is 9.89 Å². The molecule has 0 saturated carbocycles. The van der Waals surface area contributed by atoms with Crippen LogP contribution in [-0.4, -0.2) is 50.8 Å². The topological polar surface area (TPSA) is 82.1 Å². The average Bonchev–Trinajstić information content (AvgIpc) is 2.95. The number of nitrogens with zero attached hydrogens (tertiary/aromatic N) is 3. The van der Waals surface area contributed by atoms with Crippen LogP contribution in [-0.2, 0) is 0 Å². The van der Waals surface area contributed by atoms with Crippen molar-refractivity contribution in [2.45, 2.75) is 45.4 Å². The zero-order valence-corrected chi connectivity index (χ0v) is 11.6. The lowest BCUT2D eigenvalue weighted by molar-refractivity contribution is 0.0730. The van der Waals surface area contributed by atoms with E-state index in [1.165, 1.54) is 25.6 Å². The van der Waals surface area contributed by atoms with Crippen molar-refractivity contribution < 1.29 is 9.90 Å². The van der Waals surface area contributed by atoms with E-state index < -0.39 is 0 Å². The quantitative estimate of drug-likeness (QED) is 0.631. The molecule has 0 radical (unpaired) electrons. The van der Waals surface area contributed by atoms with Crippen molar-refractivity contribution in [3.8, 4) is 0 Å². The molecule has 0 aliphatic rings. The Morgan fingerprint density at radius 2 is 2.00 bits per heavy atom. The number of H-pyrrole nitrogens is 1. The summed E-state index contributed by atoms with van der Waals surface area (Å²) >= 11 is 0. The maximum absolute atomic E-state index is 12.1. The van der Waals surface area contributed by atoms with Crippen LogP contribution in [0.2, 0.25) is 0 Å². The lowest BCUT2D eigenvalue weighted by atomic mass is 10.1. The monoisotopic (exact) mass is 268 g/mol. The van der Waals surface area contributed by atoms with Gasteiger partial charge >= 0.3 is 0 Å². The van der Waals surface area contributed by atoms with Gasteiger partial charge in [-0.15, -0.1) is 0 Å². The lowest BCUT2D eigenvalue weighted by Gasteiger charge is -2.21. The third-order valence-corrected chi connectivity index (χ3v) is 3.02. The fraction of sp³-hybridized carbons (Fsp3) is 0.769. The molecule has 6 nitrogen and oxygen atoms in total. The third-order valence-electron chi connectivity index (χ3n) is 3.02. The highest BCUT2D eigenvalue weighted by Gasteiger charge is 2.17. The van der Waals surface area contributed by atoms with E-state index in [9.17, 15) is 4.79 Å². The normalized spacial score (nSPS) is 10.6. The standard InChI is InChI=1S/C13H24N4O2/c1-2-3-4-5-6-8-17(9-7-10-18)13(19)12-14-11-15-16-12/h11,18H,2-10H2,1H3,(H,14,15,16). The lowest BCUT2D eigenvalue weighted by Crippen LogP contribution is -2.34. The third kappa shape index (κ3) is 5.83. The molecule has 1 aromatic rings. The molecular weight excluding hydrogens is 244 g/mol. The molecule has 0 aliphatic carbocycles. The molecule has 1 rings (SSSR count). The first-order valence-corrected chi connectivity index (χ1v) is 7.05. The van der Waals surface area contributed by atoms with E-state index in [1.54, 1.807) is 4.90 Å². The van der Waals surface area contributed by atoms with Gasteiger partial charge in [0.15, 0.2) is 0 Å². The minimum atomic E-state index is -0.138. The summed E-state index contributed by atoms with van der Waals surface area (Å²) in [6.07, 6.45) is 7.71. The van der Waals surface area contributed by atoms with E-state index in [4.69, 9.17) is 5.11 Å². The van der Waals surface area contributed by atoms with E-state index in [0.29, 0.717) is 19.5 Å². The molecule has 2 N–H and O–H groups in total. The molecular formula is C13H24N4O2. The Morgan fingerprint density at radius 1 is 1.26 bits per heavy atom. The molecule has 0 aromatic carbocycles. The van der Waals surface area contributed by atoms with E-state index in [2.05, 4.69) is 22.1 Å². The SMILES string of the molecule is CCCCCCCN(CCCO)C(=O)c1ncn[nH]1. The molecule has 6 heteroatoms. The molecule has 1 heterocycles. The van der Waals surface area contributed by atoms with Gasteiger partial charge in [-0.1, -0.05) is 32.6 Å². The molecule has 19 heavy (non-hydrogen) atoms. The number of rotatable bonds is 10. The zero-order chi connectivity index (χ0) is 13.9. The smallest absolute Gasteiger partial charge is 0.291 e. The van der Waals surface area contributed by atoms with Crippen LogP contribution in [0.15, 0.2) is 6.33 Å². The van der Waals surface area contributed by atoms with Crippen molar-refractivity contribution in [1.82, 2.24) is 20.1 Å². The Morgan fingerprint density at radius 3 is 2.63 bits per heavy atom. The molecule has 1 amide bonds. The van der Waals surface area contributed by atoms with Crippen molar-refractivity contribution in [3.63, 3.8) is 0 Å². The summed E-state index contributed by atoms with van der Waals surface area (Å²) in [4.78, 5) is 17.8. The fourth-order valence-corrected chi connectivity index (χ4v) is 1.94. The number of aliphatic hydroxyl groups excluding tert-OH is 1.